The van der Waals surface area contributed by atoms with Crippen LogP contribution in [0.15, 0.2) is 91.0 Å². The molecule has 6 heteroatoms. The molecule has 3 nitrogen and oxygen atoms in total. The third kappa shape index (κ3) is 10.3. The van der Waals surface area contributed by atoms with Crippen molar-refractivity contribution >= 4 is 42.2 Å². The van der Waals surface area contributed by atoms with Crippen molar-refractivity contribution in [2.24, 2.45) is 0 Å². The van der Waals surface area contributed by atoms with E-state index in [1.54, 1.807) is 0 Å². The first-order chi connectivity index (χ1) is 19.6. The van der Waals surface area contributed by atoms with Crippen molar-refractivity contribution in [2.45, 2.75) is 107 Å². The van der Waals surface area contributed by atoms with Crippen LogP contribution in [-0.4, -0.2) is 46.3 Å². The van der Waals surface area contributed by atoms with Crippen LogP contribution in [0.2, 0.25) is 5.04 Å². The molecular weight excluding hydrogens is 573 g/mol. The molecule has 0 bridgehead atoms. The SMILES string of the molecule is CC(C)(C)SC(C[C@H](OCc1ccccc1)[C@@H](O)CO[Si](c1ccccc1)(c1ccccc1)C(C)(C)C)SC(C)(C)C. The Morgan fingerprint density at radius 3 is 1.50 bits per heavy atom. The summed E-state index contributed by atoms with van der Waals surface area (Å²) in [6, 6.07) is 31.5. The van der Waals surface area contributed by atoms with E-state index < -0.39 is 14.4 Å². The lowest BCUT2D eigenvalue weighted by Gasteiger charge is -2.44. The van der Waals surface area contributed by atoms with Crippen LogP contribution in [0.4, 0.5) is 0 Å². The Labute approximate surface area is 265 Å². The van der Waals surface area contributed by atoms with E-state index in [1.807, 2.05) is 41.7 Å². The third-order valence-electron chi connectivity index (χ3n) is 7.02. The van der Waals surface area contributed by atoms with Gasteiger partial charge in [0.1, 0.15) is 6.10 Å². The Balaban J connectivity index is 1.95. The van der Waals surface area contributed by atoms with E-state index in [0.717, 1.165) is 12.0 Å². The first-order valence-electron chi connectivity index (χ1n) is 15.0. The predicted octanol–water partition coefficient (Wildman–Crippen LogP) is 8.29. The van der Waals surface area contributed by atoms with Gasteiger partial charge in [-0.3, -0.25) is 0 Å². The molecule has 2 atom stereocenters. The van der Waals surface area contributed by atoms with Crippen LogP contribution >= 0.6 is 23.5 Å². The van der Waals surface area contributed by atoms with Gasteiger partial charge in [0, 0.05) is 9.49 Å². The summed E-state index contributed by atoms with van der Waals surface area (Å²) in [5.74, 6) is 0. The average molecular weight is 625 g/mol. The molecule has 42 heavy (non-hydrogen) atoms. The number of hydrogen-bond donors (Lipinski definition) is 1. The quantitative estimate of drug-likeness (QED) is 0.153. The number of ether oxygens (including phenoxy) is 1. The van der Waals surface area contributed by atoms with Gasteiger partial charge in [0.2, 0.25) is 0 Å². The molecule has 230 valence electrons. The number of benzene rings is 3. The van der Waals surface area contributed by atoms with Gasteiger partial charge >= 0.3 is 0 Å². The smallest absolute Gasteiger partial charge is 0.261 e. The molecule has 0 saturated heterocycles. The summed E-state index contributed by atoms with van der Waals surface area (Å²) in [7, 11) is -2.79. The van der Waals surface area contributed by atoms with E-state index >= 15 is 0 Å². The number of rotatable bonds is 13. The van der Waals surface area contributed by atoms with Gasteiger partial charge in [0.05, 0.1) is 23.9 Å². The Kier molecular flexibility index (Phi) is 12.4. The monoisotopic (exact) mass is 624 g/mol. The van der Waals surface area contributed by atoms with Crippen molar-refractivity contribution in [1.29, 1.82) is 0 Å². The zero-order valence-electron chi connectivity index (χ0n) is 27.1. The number of thioether (sulfide) groups is 2. The van der Waals surface area contributed by atoms with Gasteiger partial charge in [-0.25, -0.2) is 0 Å². The number of aliphatic hydroxyl groups is 1. The molecule has 0 aliphatic heterocycles. The summed E-state index contributed by atoms with van der Waals surface area (Å²) in [6.45, 7) is 21.0. The zero-order valence-corrected chi connectivity index (χ0v) is 29.7. The fraction of sp³-hybridized carbons (Fsp3) is 0.500. The van der Waals surface area contributed by atoms with E-state index in [9.17, 15) is 5.11 Å². The van der Waals surface area contributed by atoms with Crippen molar-refractivity contribution in [3.05, 3.63) is 96.6 Å². The number of aliphatic hydroxyl groups excluding tert-OH is 1. The molecule has 0 spiro atoms. The van der Waals surface area contributed by atoms with Gasteiger partial charge in [-0.05, 0) is 27.4 Å². The third-order valence-corrected chi connectivity index (χ3v) is 14.9. The summed E-state index contributed by atoms with van der Waals surface area (Å²) in [6.07, 6.45) is -0.431. The van der Waals surface area contributed by atoms with Crippen LogP contribution in [0.25, 0.3) is 0 Å². The van der Waals surface area contributed by atoms with Crippen molar-refractivity contribution < 1.29 is 14.3 Å². The second-order valence-corrected chi connectivity index (χ2v) is 22.7. The van der Waals surface area contributed by atoms with Crippen LogP contribution in [0.1, 0.15) is 74.3 Å². The molecule has 0 aromatic heterocycles. The molecule has 0 radical (unpaired) electrons. The van der Waals surface area contributed by atoms with E-state index in [2.05, 4.69) is 135 Å². The van der Waals surface area contributed by atoms with Crippen LogP contribution in [0, 0.1) is 0 Å². The van der Waals surface area contributed by atoms with Crippen molar-refractivity contribution in [1.82, 2.24) is 0 Å². The van der Waals surface area contributed by atoms with Crippen LogP contribution < -0.4 is 10.4 Å². The zero-order chi connectivity index (χ0) is 31.0. The minimum atomic E-state index is -2.79. The fourth-order valence-corrected chi connectivity index (χ4v) is 13.9. The highest BCUT2D eigenvalue weighted by Crippen LogP contribution is 2.43. The molecule has 0 aliphatic carbocycles. The lowest BCUT2D eigenvalue weighted by molar-refractivity contribution is -0.0638. The highest BCUT2D eigenvalue weighted by Gasteiger charge is 2.50. The van der Waals surface area contributed by atoms with E-state index in [4.69, 9.17) is 9.16 Å². The Morgan fingerprint density at radius 2 is 1.10 bits per heavy atom. The van der Waals surface area contributed by atoms with Crippen LogP contribution in [0.5, 0.6) is 0 Å². The lowest BCUT2D eigenvalue weighted by atomic mass is 10.1. The second kappa shape index (κ2) is 15.0. The predicted molar refractivity (Wildman–Crippen MR) is 188 cm³/mol. The molecule has 0 unspecified atom stereocenters. The Bertz CT molecular complexity index is 1130. The topological polar surface area (TPSA) is 38.7 Å². The molecule has 0 saturated carbocycles. The molecule has 0 fully saturated rings. The highest BCUT2D eigenvalue weighted by atomic mass is 32.2. The molecule has 3 rings (SSSR count). The van der Waals surface area contributed by atoms with E-state index in [-0.39, 0.29) is 31.8 Å². The summed E-state index contributed by atoms with van der Waals surface area (Å²) in [5, 5.41) is 14.2. The molecule has 3 aromatic carbocycles. The average Bonchev–Trinajstić information content (AvgIpc) is 2.90. The molecule has 3 aromatic rings. The molecule has 0 heterocycles. The Hall–Kier alpha value is -1.54. The van der Waals surface area contributed by atoms with Gasteiger partial charge in [-0.15, -0.1) is 23.5 Å². The maximum atomic E-state index is 11.9. The summed E-state index contributed by atoms with van der Waals surface area (Å²) in [5.41, 5.74) is 1.10. The molecular formula is C36H52O3S2Si. The lowest BCUT2D eigenvalue weighted by Crippen LogP contribution is -2.67. The summed E-state index contributed by atoms with van der Waals surface area (Å²) >= 11 is 3.91. The van der Waals surface area contributed by atoms with Gasteiger partial charge in [-0.1, -0.05) is 153 Å². The molecule has 1 N–H and O–H groups in total. The maximum Gasteiger partial charge on any atom is 0.261 e. The van der Waals surface area contributed by atoms with Crippen molar-refractivity contribution in [3.8, 4) is 0 Å². The van der Waals surface area contributed by atoms with Crippen LogP contribution in [-0.2, 0) is 15.8 Å². The normalized spacial score (nSPS) is 14.6. The van der Waals surface area contributed by atoms with Crippen LogP contribution in [0.3, 0.4) is 0 Å². The van der Waals surface area contributed by atoms with Crippen molar-refractivity contribution in [3.63, 3.8) is 0 Å². The maximum absolute atomic E-state index is 11.9. The van der Waals surface area contributed by atoms with Crippen molar-refractivity contribution in [2.75, 3.05) is 6.61 Å². The largest absolute Gasteiger partial charge is 0.405 e. The van der Waals surface area contributed by atoms with E-state index in [1.165, 1.54) is 10.4 Å². The minimum absolute atomic E-state index is 0.0866. The molecule has 0 aliphatic rings. The van der Waals surface area contributed by atoms with E-state index in [0.29, 0.717) is 6.61 Å². The fourth-order valence-electron chi connectivity index (χ4n) is 5.29. The summed E-state index contributed by atoms with van der Waals surface area (Å²) < 4.78 is 14.1. The Morgan fingerprint density at radius 1 is 0.667 bits per heavy atom. The van der Waals surface area contributed by atoms with Gasteiger partial charge in [0.25, 0.3) is 8.32 Å². The van der Waals surface area contributed by atoms with Gasteiger partial charge in [0.15, 0.2) is 0 Å². The highest BCUT2D eigenvalue weighted by molar-refractivity contribution is 8.18. The summed E-state index contributed by atoms with van der Waals surface area (Å²) in [4.78, 5) is 0. The van der Waals surface area contributed by atoms with Gasteiger partial charge < -0.3 is 14.3 Å². The second-order valence-electron chi connectivity index (χ2n) is 14.0. The first-order valence-corrected chi connectivity index (χ1v) is 18.7. The minimum Gasteiger partial charge on any atom is -0.405 e. The first kappa shape index (κ1) is 34.9. The number of hydrogen-bond acceptors (Lipinski definition) is 5. The standard InChI is InChI=1S/C36H52O3S2Si/c1-34(2,3)40-33(41-35(4,5)6)25-32(38-26-28-19-13-10-14-20-28)31(37)27-39-42(36(7,8)9,29-21-15-11-16-22-29)30-23-17-12-18-24-30/h10-24,31-33,37H,25-27H2,1-9H3/t31-,32-/m0/s1. The molecule has 0 amide bonds. The van der Waals surface area contributed by atoms with Gasteiger partial charge in [-0.2, -0.15) is 0 Å².